The van der Waals surface area contributed by atoms with E-state index in [1.54, 1.807) is 11.3 Å². The Kier molecular flexibility index (Phi) is 3.40. The number of thiophene rings is 1. The van der Waals surface area contributed by atoms with E-state index in [1.165, 1.54) is 10.4 Å². The summed E-state index contributed by atoms with van der Waals surface area (Å²) < 4.78 is 5.95. The third kappa shape index (κ3) is 2.08. The first-order valence-electron chi connectivity index (χ1n) is 6.94. The Morgan fingerprint density at radius 1 is 1.30 bits per heavy atom. The van der Waals surface area contributed by atoms with E-state index in [0.29, 0.717) is 5.82 Å². The number of nitrogens with two attached hydrogens (primary N) is 1. The van der Waals surface area contributed by atoms with Gasteiger partial charge in [0.25, 0.3) is 0 Å². The van der Waals surface area contributed by atoms with Gasteiger partial charge >= 0.3 is 0 Å². The first-order valence-corrected chi connectivity index (χ1v) is 7.75. The van der Waals surface area contributed by atoms with Crippen LogP contribution in [0.15, 0.2) is 0 Å². The number of fused-ring (bicyclic) bond motifs is 1. The first kappa shape index (κ1) is 13.7. The van der Waals surface area contributed by atoms with Gasteiger partial charge in [-0.1, -0.05) is 0 Å². The molecule has 0 saturated carbocycles. The fourth-order valence-electron chi connectivity index (χ4n) is 2.70. The smallest absolute Gasteiger partial charge is 0.164 e. The lowest BCUT2D eigenvalue weighted by atomic mass is 9.95. The molecule has 0 spiro atoms. The van der Waals surface area contributed by atoms with E-state index >= 15 is 0 Å². The molecule has 1 atom stereocenters. The van der Waals surface area contributed by atoms with Gasteiger partial charge in [0, 0.05) is 11.5 Å². The number of nitrogens with one attached hydrogen (secondary N) is 1. The molecule has 2 aromatic rings. The molecule has 1 fully saturated rings. The SMILES string of the molecule is Cc1sc2nc(C3(C)CCCCO3)nc(NN)c2c1C. The van der Waals surface area contributed by atoms with E-state index in [2.05, 4.69) is 31.2 Å². The number of aromatic nitrogens is 2. The third-order valence-electron chi connectivity index (χ3n) is 4.11. The van der Waals surface area contributed by atoms with Crippen LogP contribution < -0.4 is 11.3 Å². The maximum atomic E-state index is 5.95. The number of hydrogen-bond donors (Lipinski definition) is 2. The van der Waals surface area contributed by atoms with E-state index in [-0.39, 0.29) is 0 Å². The molecule has 3 rings (SSSR count). The normalized spacial score (nSPS) is 23.2. The molecule has 0 radical (unpaired) electrons. The fourth-order valence-corrected chi connectivity index (χ4v) is 3.73. The zero-order valence-electron chi connectivity index (χ0n) is 12.1. The van der Waals surface area contributed by atoms with Crippen molar-refractivity contribution in [2.45, 2.75) is 45.6 Å². The molecule has 1 aliphatic heterocycles. The van der Waals surface area contributed by atoms with Gasteiger partial charge in [-0.25, -0.2) is 15.8 Å². The van der Waals surface area contributed by atoms with Crippen LogP contribution in [0.25, 0.3) is 10.2 Å². The topological polar surface area (TPSA) is 73.1 Å². The Hall–Kier alpha value is -1.24. The molecule has 2 aromatic heterocycles. The van der Waals surface area contributed by atoms with Crippen LogP contribution in [0.1, 0.15) is 42.5 Å². The van der Waals surface area contributed by atoms with Crippen molar-refractivity contribution in [2.75, 3.05) is 12.0 Å². The Balaban J connectivity index is 2.18. The zero-order chi connectivity index (χ0) is 14.3. The predicted octanol–water partition coefficient (Wildman–Crippen LogP) is 3.01. The summed E-state index contributed by atoms with van der Waals surface area (Å²) in [7, 11) is 0. The minimum atomic E-state index is -0.399. The van der Waals surface area contributed by atoms with Gasteiger partial charge in [-0.15, -0.1) is 11.3 Å². The first-order chi connectivity index (χ1) is 9.55. The van der Waals surface area contributed by atoms with Gasteiger partial charge in [-0.3, -0.25) is 0 Å². The number of nitrogens with zero attached hydrogens (tertiary/aromatic N) is 2. The summed E-state index contributed by atoms with van der Waals surface area (Å²) in [6.45, 7) is 7.02. The van der Waals surface area contributed by atoms with Gasteiger partial charge in [0.1, 0.15) is 10.4 Å². The summed E-state index contributed by atoms with van der Waals surface area (Å²) in [5, 5.41) is 1.03. The second-order valence-corrected chi connectivity index (χ2v) is 6.74. The van der Waals surface area contributed by atoms with E-state index in [0.717, 1.165) is 41.9 Å². The minimum absolute atomic E-state index is 0.399. The maximum Gasteiger partial charge on any atom is 0.164 e. The third-order valence-corrected chi connectivity index (χ3v) is 5.21. The van der Waals surface area contributed by atoms with E-state index in [1.807, 2.05) is 0 Å². The molecule has 0 amide bonds. The number of hydrogen-bond acceptors (Lipinski definition) is 6. The molecule has 1 aliphatic rings. The zero-order valence-corrected chi connectivity index (χ0v) is 12.9. The highest BCUT2D eigenvalue weighted by molar-refractivity contribution is 7.18. The van der Waals surface area contributed by atoms with Crippen molar-refractivity contribution in [3.63, 3.8) is 0 Å². The van der Waals surface area contributed by atoms with Gasteiger partial charge in [-0.2, -0.15) is 0 Å². The summed E-state index contributed by atoms with van der Waals surface area (Å²) in [4.78, 5) is 11.6. The Bertz CT molecular complexity index is 646. The number of hydrazine groups is 1. The van der Waals surface area contributed by atoms with Crippen LogP contribution in [0, 0.1) is 13.8 Å². The van der Waals surface area contributed by atoms with Crippen LogP contribution >= 0.6 is 11.3 Å². The van der Waals surface area contributed by atoms with Crippen molar-refractivity contribution in [3.8, 4) is 0 Å². The molecule has 6 heteroatoms. The van der Waals surface area contributed by atoms with Crippen LogP contribution in [-0.4, -0.2) is 16.6 Å². The van der Waals surface area contributed by atoms with Crippen molar-refractivity contribution in [2.24, 2.45) is 5.84 Å². The summed E-state index contributed by atoms with van der Waals surface area (Å²) in [5.74, 6) is 7.09. The summed E-state index contributed by atoms with van der Waals surface area (Å²) in [6.07, 6.45) is 3.20. The minimum Gasteiger partial charge on any atom is -0.367 e. The van der Waals surface area contributed by atoms with E-state index in [4.69, 9.17) is 15.6 Å². The molecule has 1 saturated heterocycles. The molecular formula is C14H20N4OS. The van der Waals surface area contributed by atoms with Crippen LogP contribution in [0.5, 0.6) is 0 Å². The summed E-state index contributed by atoms with van der Waals surface area (Å²) in [6, 6.07) is 0. The van der Waals surface area contributed by atoms with Gasteiger partial charge in [0.15, 0.2) is 11.6 Å². The van der Waals surface area contributed by atoms with Crippen molar-refractivity contribution >= 4 is 27.4 Å². The standard InChI is InChI=1S/C14H20N4OS/c1-8-9(2)20-12-10(8)11(18-15)16-13(17-12)14(3)6-4-5-7-19-14/h4-7,15H2,1-3H3,(H,16,17,18). The van der Waals surface area contributed by atoms with Crippen LogP contribution in [-0.2, 0) is 10.3 Å². The number of aryl methyl sites for hydroxylation is 2. The molecule has 5 nitrogen and oxygen atoms in total. The highest BCUT2D eigenvalue weighted by Gasteiger charge is 2.34. The van der Waals surface area contributed by atoms with Gasteiger partial charge < -0.3 is 10.2 Å². The van der Waals surface area contributed by atoms with E-state index in [9.17, 15) is 0 Å². The second-order valence-electron chi connectivity index (χ2n) is 5.54. The van der Waals surface area contributed by atoms with Gasteiger partial charge in [-0.05, 0) is 45.6 Å². The van der Waals surface area contributed by atoms with Crippen LogP contribution in [0.2, 0.25) is 0 Å². The highest BCUT2D eigenvalue weighted by atomic mass is 32.1. The molecule has 0 bridgehead atoms. The quantitative estimate of drug-likeness (QED) is 0.657. The predicted molar refractivity (Wildman–Crippen MR) is 81.9 cm³/mol. The molecule has 3 N–H and O–H groups in total. The van der Waals surface area contributed by atoms with Crippen molar-refractivity contribution in [3.05, 3.63) is 16.3 Å². The lowest BCUT2D eigenvalue weighted by Gasteiger charge is -2.32. The lowest BCUT2D eigenvalue weighted by Crippen LogP contribution is -2.32. The number of anilines is 1. The average molecular weight is 292 g/mol. The number of nitrogen functional groups attached to an aromatic ring is 1. The molecule has 0 aromatic carbocycles. The fraction of sp³-hybridized carbons (Fsp3) is 0.571. The van der Waals surface area contributed by atoms with Gasteiger partial charge in [0.2, 0.25) is 0 Å². The maximum absolute atomic E-state index is 5.95. The monoisotopic (exact) mass is 292 g/mol. The molecule has 0 aliphatic carbocycles. The lowest BCUT2D eigenvalue weighted by molar-refractivity contribution is -0.0757. The van der Waals surface area contributed by atoms with Crippen molar-refractivity contribution < 1.29 is 4.74 Å². The average Bonchev–Trinajstić information content (AvgIpc) is 2.74. The molecule has 1 unspecified atom stereocenters. The molecule has 20 heavy (non-hydrogen) atoms. The summed E-state index contributed by atoms with van der Waals surface area (Å²) >= 11 is 1.68. The Morgan fingerprint density at radius 2 is 2.10 bits per heavy atom. The van der Waals surface area contributed by atoms with Crippen molar-refractivity contribution in [1.29, 1.82) is 0 Å². The van der Waals surface area contributed by atoms with E-state index < -0.39 is 5.60 Å². The van der Waals surface area contributed by atoms with Crippen LogP contribution in [0.4, 0.5) is 5.82 Å². The number of rotatable bonds is 2. The largest absolute Gasteiger partial charge is 0.367 e. The molecule has 108 valence electrons. The Morgan fingerprint density at radius 3 is 2.75 bits per heavy atom. The Labute approximate surface area is 122 Å². The summed E-state index contributed by atoms with van der Waals surface area (Å²) in [5.41, 5.74) is 3.52. The highest BCUT2D eigenvalue weighted by Crippen LogP contribution is 2.38. The van der Waals surface area contributed by atoms with Gasteiger partial charge in [0.05, 0.1) is 5.39 Å². The molecular weight excluding hydrogens is 272 g/mol. The van der Waals surface area contributed by atoms with Crippen molar-refractivity contribution in [1.82, 2.24) is 9.97 Å². The van der Waals surface area contributed by atoms with Crippen LogP contribution in [0.3, 0.4) is 0 Å². The number of ether oxygens (including phenoxy) is 1. The molecule has 3 heterocycles. The second kappa shape index (κ2) is 4.95.